The van der Waals surface area contributed by atoms with Gasteiger partial charge in [-0.05, 0) is 13.3 Å². The van der Waals surface area contributed by atoms with E-state index in [0.29, 0.717) is 5.82 Å². The molecule has 1 aromatic rings. The Morgan fingerprint density at radius 3 is 3.00 bits per heavy atom. The molecule has 0 aliphatic carbocycles. The summed E-state index contributed by atoms with van der Waals surface area (Å²) >= 11 is 0. The number of aromatic nitrogens is 2. The maximum absolute atomic E-state index is 12.8. The van der Waals surface area contributed by atoms with Crippen LogP contribution in [-0.4, -0.2) is 34.3 Å². The van der Waals surface area contributed by atoms with Gasteiger partial charge in [0.1, 0.15) is 12.1 Å². The Morgan fingerprint density at radius 1 is 1.60 bits per heavy atom. The molecule has 2 rings (SSSR count). The lowest BCUT2D eigenvalue weighted by atomic mass is 10.0. The molecule has 1 N–H and O–H groups in total. The van der Waals surface area contributed by atoms with Crippen molar-refractivity contribution in [1.82, 2.24) is 9.97 Å². The molecule has 1 saturated heterocycles. The number of rotatable bonds is 2. The highest BCUT2D eigenvalue weighted by molar-refractivity contribution is 5.38. The van der Waals surface area contributed by atoms with Crippen molar-refractivity contribution in [3.8, 4) is 0 Å². The lowest BCUT2D eigenvalue weighted by Crippen LogP contribution is -2.24. The molecule has 4 nitrogen and oxygen atoms in total. The van der Waals surface area contributed by atoms with E-state index in [4.69, 9.17) is 0 Å². The minimum atomic E-state index is -0.513. The van der Waals surface area contributed by atoms with E-state index in [9.17, 15) is 9.50 Å². The summed E-state index contributed by atoms with van der Waals surface area (Å²) in [6.07, 6.45) is 1.82. The van der Waals surface area contributed by atoms with E-state index in [1.54, 1.807) is 6.92 Å². The third-order valence-electron chi connectivity index (χ3n) is 2.85. The Balaban J connectivity index is 2.08. The third-order valence-corrected chi connectivity index (χ3v) is 2.85. The number of nitrogens with zero attached hydrogens (tertiary/aromatic N) is 3. The summed E-state index contributed by atoms with van der Waals surface area (Å²) in [5.74, 6) is 0.342. The fraction of sp³-hybridized carbons (Fsp3) is 0.600. The third kappa shape index (κ3) is 2.23. The van der Waals surface area contributed by atoms with Crippen molar-refractivity contribution in [2.24, 2.45) is 5.92 Å². The van der Waals surface area contributed by atoms with Gasteiger partial charge in [-0.3, -0.25) is 0 Å². The van der Waals surface area contributed by atoms with Gasteiger partial charge in [-0.2, -0.15) is 4.39 Å². The van der Waals surface area contributed by atoms with Gasteiger partial charge in [0.25, 0.3) is 0 Å². The largest absolute Gasteiger partial charge is 0.393 e. The molecule has 0 spiro atoms. The molecule has 0 radical (unpaired) electrons. The highest BCUT2D eigenvalue weighted by atomic mass is 19.1. The van der Waals surface area contributed by atoms with Crippen molar-refractivity contribution in [2.75, 3.05) is 18.0 Å². The second-order valence-electron chi connectivity index (χ2n) is 3.93. The minimum absolute atomic E-state index is 0.253. The zero-order chi connectivity index (χ0) is 10.8. The number of hydrogen-bond donors (Lipinski definition) is 1. The van der Waals surface area contributed by atoms with Gasteiger partial charge in [-0.25, -0.2) is 9.97 Å². The summed E-state index contributed by atoms with van der Waals surface area (Å²) in [5.41, 5.74) is 0. The van der Waals surface area contributed by atoms with Gasteiger partial charge in [-0.1, -0.05) is 0 Å². The maximum atomic E-state index is 12.8. The molecule has 0 saturated carbocycles. The first-order valence-electron chi connectivity index (χ1n) is 5.07. The number of aliphatic hydroxyl groups excluding tert-OH is 1. The van der Waals surface area contributed by atoms with E-state index in [2.05, 4.69) is 9.97 Å². The second-order valence-corrected chi connectivity index (χ2v) is 3.93. The van der Waals surface area contributed by atoms with Crippen LogP contribution in [0.5, 0.6) is 0 Å². The van der Waals surface area contributed by atoms with Crippen molar-refractivity contribution in [1.29, 1.82) is 0 Å². The van der Waals surface area contributed by atoms with Crippen LogP contribution in [0.4, 0.5) is 10.2 Å². The molecule has 5 heteroatoms. The monoisotopic (exact) mass is 211 g/mol. The zero-order valence-electron chi connectivity index (χ0n) is 8.60. The predicted molar refractivity (Wildman–Crippen MR) is 54.0 cm³/mol. The van der Waals surface area contributed by atoms with Crippen molar-refractivity contribution < 1.29 is 9.50 Å². The molecule has 2 unspecified atom stereocenters. The Hall–Kier alpha value is -1.23. The van der Waals surface area contributed by atoms with E-state index < -0.39 is 5.95 Å². The molecule has 2 heterocycles. The summed E-state index contributed by atoms with van der Waals surface area (Å²) in [7, 11) is 0. The standard InChI is InChI=1S/C10H14FN3O/c1-7(15)8-2-3-14(5-8)10-4-9(11)12-6-13-10/h4,6-8,15H,2-3,5H2,1H3. The van der Waals surface area contributed by atoms with Crippen molar-refractivity contribution in [3.63, 3.8) is 0 Å². The van der Waals surface area contributed by atoms with E-state index in [-0.39, 0.29) is 12.0 Å². The molecule has 2 atom stereocenters. The van der Waals surface area contributed by atoms with Crippen LogP contribution >= 0.6 is 0 Å². The molecular formula is C10H14FN3O. The summed E-state index contributed by atoms with van der Waals surface area (Å²) in [6, 6.07) is 1.32. The van der Waals surface area contributed by atoms with Crippen LogP contribution in [0.3, 0.4) is 0 Å². The number of anilines is 1. The molecular weight excluding hydrogens is 197 g/mol. The van der Waals surface area contributed by atoms with Crippen LogP contribution in [0.15, 0.2) is 12.4 Å². The Bertz CT molecular complexity index is 345. The number of halogens is 1. The van der Waals surface area contributed by atoms with Crippen LogP contribution in [-0.2, 0) is 0 Å². The highest BCUT2D eigenvalue weighted by Gasteiger charge is 2.26. The number of aliphatic hydroxyl groups is 1. The van der Waals surface area contributed by atoms with E-state index in [1.165, 1.54) is 12.4 Å². The fourth-order valence-corrected chi connectivity index (χ4v) is 1.89. The quantitative estimate of drug-likeness (QED) is 0.736. The molecule has 1 aromatic heterocycles. The first-order valence-corrected chi connectivity index (χ1v) is 5.07. The van der Waals surface area contributed by atoms with Crippen molar-refractivity contribution >= 4 is 5.82 Å². The maximum Gasteiger partial charge on any atom is 0.218 e. The van der Waals surface area contributed by atoms with Crippen LogP contribution < -0.4 is 4.90 Å². The highest BCUT2D eigenvalue weighted by Crippen LogP contribution is 2.23. The second kappa shape index (κ2) is 4.10. The van der Waals surface area contributed by atoms with Crippen LogP contribution in [0, 0.1) is 11.9 Å². The van der Waals surface area contributed by atoms with Crippen molar-refractivity contribution in [2.45, 2.75) is 19.4 Å². The van der Waals surface area contributed by atoms with Crippen molar-refractivity contribution in [3.05, 3.63) is 18.3 Å². The van der Waals surface area contributed by atoms with E-state index in [1.807, 2.05) is 4.90 Å². The Kier molecular flexibility index (Phi) is 2.81. The summed E-state index contributed by atoms with van der Waals surface area (Å²) in [5, 5.41) is 9.44. The normalized spacial score (nSPS) is 23.1. The summed E-state index contributed by atoms with van der Waals surface area (Å²) in [6.45, 7) is 3.33. The van der Waals surface area contributed by atoms with Gasteiger partial charge in [0.2, 0.25) is 5.95 Å². The molecule has 15 heavy (non-hydrogen) atoms. The zero-order valence-corrected chi connectivity index (χ0v) is 8.60. The van der Waals surface area contributed by atoms with Crippen LogP contribution in [0.25, 0.3) is 0 Å². The molecule has 0 amide bonds. The van der Waals surface area contributed by atoms with Gasteiger partial charge in [0.15, 0.2) is 0 Å². The molecule has 0 bridgehead atoms. The molecule has 82 valence electrons. The first kappa shape index (κ1) is 10.3. The van der Waals surface area contributed by atoms with Gasteiger partial charge >= 0.3 is 0 Å². The van der Waals surface area contributed by atoms with Gasteiger partial charge in [0.05, 0.1) is 6.10 Å². The van der Waals surface area contributed by atoms with Crippen LogP contribution in [0.2, 0.25) is 0 Å². The average molecular weight is 211 g/mol. The Morgan fingerprint density at radius 2 is 2.40 bits per heavy atom. The number of hydrogen-bond acceptors (Lipinski definition) is 4. The van der Waals surface area contributed by atoms with E-state index >= 15 is 0 Å². The fourth-order valence-electron chi connectivity index (χ4n) is 1.89. The first-order chi connectivity index (χ1) is 7.16. The van der Waals surface area contributed by atoms with Gasteiger partial charge in [0, 0.05) is 25.1 Å². The topological polar surface area (TPSA) is 49.2 Å². The summed E-state index contributed by atoms with van der Waals surface area (Å²) in [4.78, 5) is 9.39. The molecule has 1 aliphatic rings. The smallest absolute Gasteiger partial charge is 0.218 e. The molecule has 1 fully saturated rings. The predicted octanol–water partition coefficient (Wildman–Crippen LogP) is 0.823. The SMILES string of the molecule is CC(O)C1CCN(c2cc(F)ncn2)C1. The lowest BCUT2D eigenvalue weighted by Gasteiger charge is -2.18. The Labute approximate surface area is 87.8 Å². The summed E-state index contributed by atoms with van der Waals surface area (Å²) < 4.78 is 12.8. The average Bonchev–Trinajstić information content (AvgIpc) is 2.66. The minimum Gasteiger partial charge on any atom is -0.393 e. The van der Waals surface area contributed by atoms with Crippen LogP contribution in [0.1, 0.15) is 13.3 Å². The van der Waals surface area contributed by atoms with E-state index in [0.717, 1.165) is 19.5 Å². The van der Waals surface area contributed by atoms with Gasteiger partial charge in [-0.15, -0.1) is 0 Å². The van der Waals surface area contributed by atoms with Gasteiger partial charge < -0.3 is 10.0 Å². The molecule has 1 aliphatic heterocycles. The lowest BCUT2D eigenvalue weighted by molar-refractivity contribution is 0.136. The molecule has 0 aromatic carbocycles.